The summed E-state index contributed by atoms with van der Waals surface area (Å²) in [5.41, 5.74) is 3.65. The third kappa shape index (κ3) is 4.62. The highest BCUT2D eigenvalue weighted by Crippen LogP contribution is 2.31. The van der Waals surface area contributed by atoms with Crippen LogP contribution in [0.3, 0.4) is 0 Å². The van der Waals surface area contributed by atoms with Crippen molar-refractivity contribution in [3.63, 3.8) is 0 Å². The molecule has 0 aromatic heterocycles. The number of anilines is 1. The van der Waals surface area contributed by atoms with Crippen LogP contribution in [0, 0.1) is 26.7 Å². The maximum atomic E-state index is 13.3. The molecule has 1 heterocycles. The van der Waals surface area contributed by atoms with E-state index in [1.165, 1.54) is 11.4 Å². The number of nitrogens with one attached hydrogen (secondary N) is 1. The molecule has 0 saturated carbocycles. The number of sulfonamides is 1. The summed E-state index contributed by atoms with van der Waals surface area (Å²) in [4.78, 5) is 13.0. The Morgan fingerprint density at radius 3 is 2.52 bits per heavy atom. The quantitative estimate of drug-likeness (QED) is 0.807. The van der Waals surface area contributed by atoms with E-state index in [2.05, 4.69) is 5.32 Å². The van der Waals surface area contributed by atoms with Gasteiger partial charge in [-0.25, -0.2) is 8.42 Å². The highest BCUT2D eigenvalue weighted by Gasteiger charge is 2.35. The molecule has 1 amide bonds. The van der Waals surface area contributed by atoms with Crippen LogP contribution in [0.4, 0.5) is 5.69 Å². The van der Waals surface area contributed by atoms with Gasteiger partial charge in [-0.1, -0.05) is 18.2 Å². The molecule has 0 aliphatic carbocycles. The molecule has 1 unspecified atom stereocenters. The summed E-state index contributed by atoms with van der Waals surface area (Å²) in [5, 5.41) is 2.98. The molecule has 29 heavy (non-hydrogen) atoms. The molecule has 6 nitrogen and oxygen atoms in total. The van der Waals surface area contributed by atoms with Crippen LogP contribution in [0.1, 0.15) is 29.5 Å². The molecule has 1 aliphatic heterocycles. The molecule has 156 valence electrons. The van der Waals surface area contributed by atoms with Crippen LogP contribution in [0.2, 0.25) is 0 Å². The topological polar surface area (TPSA) is 75.7 Å². The van der Waals surface area contributed by atoms with Crippen LogP contribution in [0.5, 0.6) is 5.75 Å². The van der Waals surface area contributed by atoms with E-state index in [0.29, 0.717) is 25.1 Å². The fourth-order valence-electron chi connectivity index (χ4n) is 3.60. The molecule has 1 aliphatic rings. The van der Waals surface area contributed by atoms with E-state index in [0.717, 1.165) is 22.4 Å². The van der Waals surface area contributed by atoms with Crippen LogP contribution in [-0.4, -0.2) is 38.8 Å². The Morgan fingerprint density at radius 2 is 1.79 bits per heavy atom. The third-order valence-electron chi connectivity index (χ3n) is 5.34. The average molecular weight is 417 g/mol. The molecule has 0 radical (unpaired) electrons. The van der Waals surface area contributed by atoms with Crippen molar-refractivity contribution in [1.29, 1.82) is 0 Å². The molecule has 0 spiro atoms. The van der Waals surface area contributed by atoms with Crippen molar-refractivity contribution < 1.29 is 17.9 Å². The van der Waals surface area contributed by atoms with E-state index < -0.39 is 15.9 Å². The van der Waals surface area contributed by atoms with Gasteiger partial charge in [-0.05, 0) is 68.5 Å². The van der Waals surface area contributed by atoms with Crippen LogP contribution < -0.4 is 10.1 Å². The zero-order valence-electron chi connectivity index (χ0n) is 17.4. The standard InChI is InChI=1S/C22H28N2O4S/c1-15-7-9-17(3)19(12-15)23-22(25)18-6-5-11-24(14-18)29(26,27)21-13-16(2)8-10-20(21)28-4/h7-10,12-13,18H,5-6,11,14H2,1-4H3,(H,23,25). The summed E-state index contributed by atoms with van der Waals surface area (Å²) in [5.74, 6) is -0.221. The number of aryl methyl sites for hydroxylation is 3. The number of piperidine rings is 1. The van der Waals surface area contributed by atoms with Crippen molar-refractivity contribution in [2.24, 2.45) is 5.92 Å². The summed E-state index contributed by atoms with van der Waals surface area (Å²) >= 11 is 0. The summed E-state index contributed by atoms with van der Waals surface area (Å²) in [6.45, 7) is 6.31. The summed E-state index contributed by atoms with van der Waals surface area (Å²) in [7, 11) is -2.29. The monoisotopic (exact) mass is 416 g/mol. The van der Waals surface area contributed by atoms with Crippen molar-refractivity contribution in [1.82, 2.24) is 4.31 Å². The lowest BCUT2D eigenvalue weighted by Crippen LogP contribution is -2.43. The Morgan fingerprint density at radius 1 is 1.10 bits per heavy atom. The molecule has 1 saturated heterocycles. The van der Waals surface area contributed by atoms with E-state index in [9.17, 15) is 13.2 Å². The van der Waals surface area contributed by atoms with Crippen molar-refractivity contribution in [2.45, 2.75) is 38.5 Å². The minimum Gasteiger partial charge on any atom is -0.495 e. The van der Waals surface area contributed by atoms with Crippen molar-refractivity contribution >= 4 is 21.6 Å². The van der Waals surface area contributed by atoms with Gasteiger partial charge in [-0.3, -0.25) is 4.79 Å². The van der Waals surface area contributed by atoms with Gasteiger partial charge in [-0.2, -0.15) is 4.31 Å². The molecule has 2 aromatic rings. The Balaban J connectivity index is 1.80. The van der Waals surface area contributed by atoms with Gasteiger partial charge in [0.15, 0.2) is 0 Å². The Hall–Kier alpha value is -2.38. The van der Waals surface area contributed by atoms with Crippen molar-refractivity contribution in [2.75, 3.05) is 25.5 Å². The van der Waals surface area contributed by atoms with E-state index in [1.807, 2.05) is 45.0 Å². The molecular formula is C22H28N2O4S. The first-order valence-corrected chi connectivity index (χ1v) is 11.2. The van der Waals surface area contributed by atoms with Crippen LogP contribution in [-0.2, 0) is 14.8 Å². The van der Waals surface area contributed by atoms with Gasteiger partial charge < -0.3 is 10.1 Å². The van der Waals surface area contributed by atoms with E-state index in [1.54, 1.807) is 12.1 Å². The number of carbonyl (C=O) groups excluding carboxylic acids is 1. The summed E-state index contributed by atoms with van der Waals surface area (Å²) in [6, 6.07) is 11.0. The predicted molar refractivity (Wildman–Crippen MR) is 114 cm³/mol. The fourth-order valence-corrected chi connectivity index (χ4v) is 5.37. The zero-order valence-corrected chi connectivity index (χ0v) is 18.2. The molecule has 1 fully saturated rings. The second-order valence-corrected chi connectivity index (χ2v) is 9.57. The number of benzene rings is 2. The molecule has 3 rings (SSSR count). The third-order valence-corrected chi connectivity index (χ3v) is 7.23. The molecule has 2 aromatic carbocycles. The number of hydrogen-bond acceptors (Lipinski definition) is 4. The van der Waals surface area contributed by atoms with Gasteiger partial charge in [0, 0.05) is 18.8 Å². The Kier molecular flexibility index (Phi) is 6.29. The van der Waals surface area contributed by atoms with E-state index in [-0.39, 0.29) is 17.3 Å². The first-order valence-electron chi connectivity index (χ1n) is 9.75. The lowest BCUT2D eigenvalue weighted by atomic mass is 9.98. The molecule has 1 atom stereocenters. The second-order valence-electron chi connectivity index (χ2n) is 7.66. The van der Waals surface area contributed by atoms with Crippen molar-refractivity contribution in [3.05, 3.63) is 53.1 Å². The first kappa shape index (κ1) is 21.3. The normalized spacial score (nSPS) is 17.7. The van der Waals surface area contributed by atoms with Crippen LogP contribution >= 0.6 is 0 Å². The average Bonchev–Trinajstić information content (AvgIpc) is 2.70. The smallest absolute Gasteiger partial charge is 0.246 e. The maximum absolute atomic E-state index is 13.3. The number of ether oxygens (including phenoxy) is 1. The van der Waals surface area contributed by atoms with Crippen LogP contribution in [0.25, 0.3) is 0 Å². The zero-order chi connectivity index (χ0) is 21.2. The lowest BCUT2D eigenvalue weighted by molar-refractivity contribution is -0.120. The van der Waals surface area contributed by atoms with Crippen LogP contribution in [0.15, 0.2) is 41.3 Å². The lowest BCUT2D eigenvalue weighted by Gasteiger charge is -2.31. The summed E-state index contributed by atoms with van der Waals surface area (Å²) in [6.07, 6.45) is 1.30. The van der Waals surface area contributed by atoms with Gasteiger partial charge in [0.2, 0.25) is 15.9 Å². The number of hydrogen-bond donors (Lipinski definition) is 1. The highest BCUT2D eigenvalue weighted by molar-refractivity contribution is 7.89. The van der Waals surface area contributed by atoms with Gasteiger partial charge in [0.1, 0.15) is 10.6 Å². The SMILES string of the molecule is COc1ccc(C)cc1S(=O)(=O)N1CCCC(C(=O)Nc2cc(C)ccc2C)C1. The largest absolute Gasteiger partial charge is 0.495 e. The first-order chi connectivity index (χ1) is 13.7. The molecule has 7 heteroatoms. The minimum atomic E-state index is -3.75. The molecule has 0 bridgehead atoms. The minimum absolute atomic E-state index is 0.144. The predicted octanol–water partition coefficient (Wildman–Crippen LogP) is 3.66. The van der Waals surface area contributed by atoms with E-state index >= 15 is 0 Å². The van der Waals surface area contributed by atoms with Crippen molar-refractivity contribution in [3.8, 4) is 5.75 Å². The second kappa shape index (κ2) is 8.55. The molecular weight excluding hydrogens is 388 g/mol. The Bertz CT molecular complexity index is 1020. The van der Waals surface area contributed by atoms with Gasteiger partial charge in [0.05, 0.1) is 13.0 Å². The van der Waals surface area contributed by atoms with Gasteiger partial charge >= 0.3 is 0 Å². The summed E-state index contributed by atoms with van der Waals surface area (Å²) < 4.78 is 33.2. The molecule has 1 N–H and O–H groups in total. The van der Waals surface area contributed by atoms with Gasteiger partial charge in [-0.15, -0.1) is 0 Å². The number of methoxy groups -OCH3 is 1. The Labute approximate surface area is 172 Å². The number of nitrogens with zero attached hydrogens (tertiary/aromatic N) is 1. The number of rotatable bonds is 5. The number of carbonyl (C=O) groups is 1. The fraction of sp³-hybridized carbons (Fsp3) is 0.409. The highest BCUT2D eigenvalue weighted by atomic mass is 32.2. The maximum Gasteiger partial charge on any atom is 0.246 e. The number of amides is 1. The van der Waals surface area contributed by atoms with Gasteiger partial charge in [0.25, 0.3) is 0 Å². The van der Waals surface area contributed by atoms with E-state index in [4.69, 9.17) is 4.74 Å².